The predicted molar refractivity (Wildman–Crippen MR) is 208 cm³/mol. The Hall–Kier alpha value is -5.78. The SMILES string of the molecule is O=C1C2CC=C3C(CC4C(=O)N(Nc5ccc(F)cc5)C(=O)C4(c4ccc(Cl)cc4)C3c3ccc(OCc4ccccc4)cc3O)C2C(=O)N1Cc1cccs1. The van der Waals surface area contributed by atoms with Crippen LogP contribution in [0.4, 0.5) is 10.1 Å². The van der Waals surface area contributed by atoms with Crippen LogP contribution in [0.1, 0.15) is 40.3 Å². The van der Waals surface area contributed by atoms with Gasteiger partial charge in [0.15, 0.2) is 0 Å². The van der Waals surface area contributed by atoms with Crippen molar-refractivity contribution in [3.63, 3.8) is 0 Å². The van der Waals surface area contributed by atoms with Crippen LogP contribution in [0, 0.1) is 29.5 Å². The third-order valence-corrected chi connectivity index (χ3v) is 12.9. The molecule has 2 saturated heterocycles. The Morgan fingerprint density at radius 1 is 0.875 bits per heavy atom. The number of hydrazine groups is 1. The number of allylic oxidation sites excluding steroid dienone is 2. The Kier molecular flexibility index (Phi) is 9.01. The number of nitrogens with one attached hydrogen (secondary N) is 1. The third-order valence-electron chi connectivity index (χ3n) is 11.8. The van der Waals surface area contributed by atoms with E-state index >= 15 is 4.79 Å². The van der Waals surface area contributed by atoms with Gasteiger partial charge in [0.1, 0.15) is 23.9 Å². The van der Waals surface area contributed by atoms with Gasteiger partial charge >= 0.3 is 0 Å². The molecule has 2 aliphatic carbocycles. The number of hydrogen-bond donors (Lipinski definition) is 2. The second kappa shape index (κ2) is 14.1. The minimum atomic E-state index is -1.63. The summed E-state index contributed by atoms with van der Waals surface area (Å²) in [4.78, 5) is 60.8. The maximum Gasteiger partial charge on any atom is 0.260 e. The van der Waals surface area contributed by atoms with Crippen molar-refractivity contribution in [1.29, 1.82) is 0 Å². The lowest BCUT2D eigenvalue weighted by Crippen LogP contribution is -2.53. The van der Waals surface area contributed by atoms with Gasteiger partial charge in [-0.15, -0.1) is 11.3 Å². The molecular weight excluding hydrogens is 753 g/mol. The number of carbonyl (C=O) groups excluding carboxylic acids is 4. The molecule has 282 valence electrons. The number of rotatable bonds is 9. The molecule has 1 saturated carbocycles. The van der Waals surface area contributed by atoms with Crippen molar-refractivity contribution in [2.24, 2.45) is 23.7 Å². The maximum atomic E-state index is 15.4. The molecule has 2 aliphatic heterocycles. The zero-order valence-electron chi connectivity index (χ0n) is 29.8. The second-order valence-corrected chi connectivity index (χ2v) is 16.2. The van der Waals surface area contributed by atoms with E-state index in [1.54, 1.807) is 36.4 Å². The van der Waals surface area contributed by atoms with Gasteiger partial charge in [0.05, 0.1) is 35.4 Å². The van der Waals surface area contributed by atoms with Crippen LogP contribution in [-0.2, 0) is 37.7 Å². The summed E-state index contributed by atoms with van der Waals surface area (Å²) in [5.41, 5.74) is 4.13. The highest BCUT2D eigenvalue weighted by Crippen LogP contribution is 2.65. The lowest BCUT2D eigenvalue weighted by atomic mass is 9.49. The van der Waals surface area contributed by atoms with Gasteiger partial charge in [-0.1, -0.05) is 77.8 Å². The Bertz CT molecular complexity index is 2390. The molecule has 4 aliphatic rings. The summed E-state index contributed by atoms with van der Waals surface area (Å²) < 4.78 is 20.0. The molecule has 9 rings (SSSR count). The van der Waals surface area contributed by atoms with E-state index in [0.29, 0.717) is 33.2 Å². The van der Waals surface area contributed by atoms with E-state index in [9.17, 15) is 23.9 Å². The number of thiophene rings is 1. The van der Waals surface area contributed by atoms with E-state index in [1.165, 1.54) is 46.6 Å². The number of aromatic hydroxyl groups is 1. The van der Waals surface area contributed by atoms with Crippen molar-refractivity contribution in [3.05, 3.63) is 159 Å². The molecule has 3 heterocycles. The van der Waals surface area contributed by atoms with Crippen molar-refractivity contribution in [1.82, 2.24) is 9.91 Å². The fourth-order valence-electron chi connectivity index (χ4n) is 9.38. The standard InChI is InChI=1S/C44H35ClFN3O6S/c45-27-10-8-26(9-11-27)44-36(41(52)49(43(44)54)47-29-14-12-28(46)13-15-29)22-35-32(18-19-34-38(35)42(53)48(40(34)51)23-31-7-4-20-56-31)39(44)33-17-16-30(21-37(33)50)55-24-25-5-2-1-3-6-25/h1-18,20-21,34-36,38-39,47,50H,19,22-24H2. The summed E-state index contributed by atoms with van der Waals surface area (Å²) in [7, 11) is 0. The first-order chi connectivity index (χ1) is 27.1. The van der Waals surface area contributed by atoms with Crippen LogP contribution in [-0.4, -0.2) is 38.6 Å². The number of imide groups is 2. The number of carbonyl (C=O) groups is 4. The predicted octanol–water partition coefficient (Wildman–Crippen LogP) is 8.01. The van der Waals surface area contributed by atoms with Crippen molar-refractivity contribution < 1.29 is 33.4 Å². The van der Waals surface area contributed by atoms with E-state index in [0.717, 1.165) is 15.4 Å². The number of phenols is 1. The van der Waals surface area contributed by atoms with Gasteiger partial charge in [0.2, 0.25) is 11.8 Å². The summed E-state index contributed by atoms with van der Waals surface area (Å²) in [5, 5.41) is 15.3. The van der Waals surface area contributed by atoms with Crippen LogP contribution in [0.2, 0.25) is 5.02 Å². The van der Waals surface area contributed by atoms with Crippen LogP contribution in [0.3, 0.4) is 0 Å². The van der Waals surface area contributed by atoms with Gasteiger partial charge in [-0.3, -0.25) is 29.5 Å². The molecule has 5 aromatic rings. The normalized spacial score (nSPS) is 25.5. The first-order valence-corrected chi connectivity index (χ1v) is 19.6. The topological polar surface area (TPSA) is 116 Å². The molecule has 4 amide bonds. The lowest BCUT2D eigenvalue weighted by molar-refractivity contribution is -0.141. The number of ether oxygens (including phenoxy) is 1. The second-order valence-electron chi connectivity index (χ2n) is 14.7. The molecule has 6 atom stereocenters. The van der Waals surface area contributed by atoms with E-state index < -0.39 is 52.6 Å². The monoisotopic (exact) mass is 787 g/mol. The van der Waals surface area contributed by atoms with Crippen LogP contribution < -0.4 is 10.2 Å². The number of fused-ring (bicyclic) bond motifs is 4. The van der Waals surface area contributed by atoms with E-state index in [-0.39, 0.29) is 43.6 Å². The Morgan fingerprint density at radius 2 is 1.64 bits per heavy atom. The van der Waals surface area contributed by atoms with Gasteiger partial charge in [0, 0.05) is 27.4 Å². The molecule has 1 aromatic heterocycles. The summed E-state index contributed by atoms with van der Waals surface area (Å²) in [6.07, 6.45) is 2.28. The van der Waals surface area contributed by atoms with Crippen molar-refractivity contribution in [3.8, 4) is 11.5 Å². The fourth-order valence-corrected chi connectivity index (χ4v) is 10.2. The highest BCUT2D eigenvalue weighted by atomic mass is 35.5. The molecule has 0 radical (unpaired) electrons. The van der Waals surface area contributed by atoms with Crippen molar-refractivity contribution in [2.45, 2.75) is 37.3 Å². The lowest BCUT2D eigenvalue weighted by Gasteiger charge is -2.50. The number of amides is 4. The largest absolute Gasteiger partial charge is 0.508 e. The van der Waals surface area contributed by atoms with E-state index in [1.807, 2.05) is 53.9 Å². The van der Waals surface area contributed by atoms with Crippen molar-refractivity contribution in [2.75, 3.05) is 5.43 Å². The first kappa shape index (κ1) is 35.9. The van der Waals surface area contributed by atoms with Gasteiger partial charge in [-0.25, -0.2) is 4.39 Å². The number of likely N-dealkylation sites (tertiary alicyclic amines) is 1. The molecule has 56 heavy (non-hydrogen) atoms. The number of phenolic OH excluding ortho intramolecular Hbond substituents is 1. The smallest absolute Gasteiger partial charge is 0.260 e. The molecule has 9 nitrogen and oxygen atoms in total. The van der Waals surface area contributed by atoms with Gasteiger partial charge in [-0.2, -0.15) is 5.01 Å². The molecule has 6 unspecified atom stereocenters. The number of nitrogens with zero attached hydrogens (tertiary/aromatic N) is 2. The fraction of sp³-hybridized carbons (Fsp3) is 0.227. The summed E-state index contributed by atoms with van der Waals surface area (Å²) in [6, 6.07) is 30.4. The van der Waals surface area contributed by atoms with E-state index in [4.69, 9.17) is 16.3 Å². The summed E-state index contributed by atoms with van der Waals surface area (Å²) >= 11 is 7.86. The molecule has 0 bridgehead atoms. The van der Waals surface area contributed by atoms with Crippen LogP contribution in [0.25, 0.3) is 0 Å². The van der Waals surface area contributed by atoms with Crippen LogP contribution in [0.5, 0.6) is 11.5 Å². The highest BCUT2D eigenvalue weighted by Gasteiger charge is 2.70. The van der Waals surface area contributed by atoms with Crippen molar-refractivity contribution >= 4 is 52.3 Å². The minimum Gasteiger partial charge on any atom is -0.508 e. The highest BCUT2D eigenvalue weighted by molar-refractivity contribution is 7.09. The Balaban J connectivity index is 1.19. The number of anilines is 1. The summed E-state index contributed by atoms with van der Waals surface area (Å²) in [5.74, 6) is -5.96. The number of benzene rings is 4. The maximum absolute atomic E-state index is 15.4. The van der Waals surface area contributed by atoms with Gasteiger partial charge in [-0.05, 0) is 83.8 Å². The molecule has 4 aromatic carbocycles. The zero-order valence-corrected chi connectivity index (χ0v) is 31.4. The average Bonchev–Trinajstić information content (AvgIpc) is 3.87. The van der Waals surface area contributed by atoms with E-state index in [2.05, 4.69) is 5.43 Å². The quantitative estimate of drug-likeness (QED) is 0.115. The Morgan fingerprint density at radius 3 is 2.36 bits per heavy atom. The van der Waals surface area contributed by atoms with Crippen LogP contribution in [0.15, 0.2) is 126 Å². The molecule has 12 heteroatoms. The number of hydrogen-bond acceptors (Lipinski definition) is 8. The summed E-state index contributed by atoms with van der Waals surface area (Å²) in [6.45, 7) is 0.412. The Labute approximate surface area is 330 Å². The van der Waals surface area contributed by atoms with Gasteiger partial charge < -0.3 is 9.84 Å². The zero-order chi connectivity index (χ0) is 38.7. The van der Waals surface area contributed by atoms with Crippen LogP contribution >= 0.6 is 22.9 Å². The molecule has 3 fully saturated rings. The average molecular weight is 788 g/mol. The molecular formula is C44H35ClFN3O6S. The molecule has 2 N–H and O–H groups in total. The third kappa shape index (κ3) is 5.79. The minimum absolute atomic E-state index is 0.0865. The number of halogens is 2. The van der Waals surface area contributed by atoms with Gasteiger partial charge in [0.25, 0.3) is 11.8 Å². The first-order valence-electron chi connectivity index (χ1n) is 18.4. The molecule has 0 spiro atoms.